The Morgan fingerprint density at radius 2 is 2.07 bits per heavy atom. The number of aromatic amines is 1. The molecule has 1 aliphatic heterocycles. The number of nitrogens with zero attached hydrogens (tertiary/aromatic N) is 4. The summed E-state index contributed by atoms with van der Waals surface area (Å²) in [6.07, 6.45) is 2.55. The molecule has 0 saturated heterocycles. The molecule has 142 valence electrons. The molecule has 4 heterocycles. The summed E-state index contributed by atoms with van der Waals surface area (Å²) in [6.45, 7) is 2.15. The molecule has 1 aromatic carbocycles. The lowest BCUT2D eigenvalue weighted by atomic mass is 10.2. The second kappa shape index (κ2) is 6.41. The summed E-state index contributed by atoms with van der Waals surface area (Å²) in [5, 5.41) is 7.87. The van der Waals surface area contributed by atoms with Gasteiger partial charge in [-0.1, -0.05) is 12.1 Å². The second-order valence-electron chi connectivity index (χ2n) is 6.11. The minimum Gasteiger partial charge on any atom is -0.454 e. The van der Waals surface area contributed by atoms with Gasteiger partial charge in [0, 0.05) is 17.3 Å². The van der Waals surface area contributed by atoms with Crippen LogP contribution in [0.3, 0.4) is 0 Å². The number of ether oxygens (including phenoxy) is 2. The molecule has 1 N–H and O–H groups in total. The van der Waals surface area contributed by atoms with Gasteiger partial charge in [0.25, 0.3) is 11.4 Å². The fourth-order valence-electron chi connectivity index (χ4n) is 3.06. The predicted molar refractivity (Wildman–Crippen MR) is 102 cm³/mol. The van der Waals surface area contributed by atoms with Gasteiger partial charge in [-0.05, 0) is 30.9 Å². The van der Waals surface area contributed by atoms with Crippen LogP contribution >= 0.6 is 11.8 Å². The molecule has 28 heavy (non-hydrogen) atoms. The van der Waals surface area contributed by atoms with Crippen molar-refractivity contribution >= 4 is 17.4 Å². The number of aryl methyl sites for hydroxylation is 1. The van der Waals surface area contributed by atoms with E-state index in [4.69, 9.17) is 14.0 Å². The van der Waals surface area contributed by atoms with Gasteiger partial charge in [0.05, 0.1) is 0 Å². The zero-order valence-corrected chi connectivity index (χ0v) is 15.9. The van der Waals surface area contributed by atoms with Crippen molar-refractivity contribution in [2.24, 2.45) is 0 Å². The van der Waals surface area contributed by atoms with Gasteiger partial charge >= 0.3 is 0 Å². The molecule has 9 nitrogen and oxygen atoms in total. The van der Waals surface area contributed by atoms with Crippen LogP contribution in [0.1, 0.15) is 12.6 Å². The number of aromatic nitrogens is 5. The lowest BCUT2D eigenvalue weighted by Crippen LogP contribution is -2.15. The first-order chi connectivity index (χ1) is 13.7. The Balaban J connectivity index is 1.65. The predicted octanol–water partition coefficient (Wildman–Crippen LogP) is 2.75. The maximum Gasteiger partial charge on any atom is 0.272 e. The zero-order chi connectivity index (χ0) is 19.3. The Bertz CT molecular complexity index is 1260. The average Bonchev–Trinajstić information content (AvgIpc) is 3.44. The first kappa shape index (κ1) is 16.9. The Hall–Kier alpha value is -3.27. The smallest absolute Gasteiger partial charge is 0.272 e. The highest BCUT2D eigenvalue weighted by molar-refractivity contribution is 7.98. The van der Waals surface area contributed by atoms with E-state index in [-0.39, 0.29) is 18.2 Å². The first-order valence-electron chi connectivity index (χ1n) is 8.60. The molecule has 3 aromatic heterocycles. The Morgan fingerprint density at radius 1 is 1.21 bits per heavy atom. The summed E-state index contributed by atoms with van der Waals surface area (Å²) >= 11 is 1.44. The molecule has 0 atom stereocenters. The lowest BCUT2D eigenvalue weighted by Gasteiger charge is -1.98. The second-order valence-corrected chi connectivity index (χ2v) is 6.93. The SMILES string of the molecule is CCc1cc(=O)n2[nH]c(SC)c(-c3nc(-c4ccc5c(c4)OCO5)no3)c2n1. The largest absolute Gasteiger partial charge is 0.454 e. The van der Waals surface area contributed by atoms with Crippen LogP contribution in [0.5, 0.6) is 11.5 Å². The summed E-state index contributed by atoms with van der Waals surface area (Å²) in [5.41, 5.74) is 2.34. The van der Waals surface area contributed by atoms with Crippen molar-refractivity contribution in [3.63, 3.8) is 0 Å². The molecule has 0 bridgehead atoms. The van der Waals surface area contributed by atoms with Crippen LogP contribution in [0.25, 0.3) is 28.5 Å². The molecular weight excluding hydrogens is 382 g/mol. The van der Waals surface area contributed by atoms with Crippen LogP contribution in [0.2, 0.25) is 0 Å². The molecule has 0 spiro atoms. The van der Waals surface area contributed by atoms with Crippen LogP contribution in [0, 0.1) is 0 Å². The molecule has 0 fully saturated rings. The molecule has 0 aliphatic carbocycles. The third-order valence-electron chi connectivity index (χ3n) is 4.47. The normalized spacial score (nSPS) is 12.8. The van der Waals surface area contributed by atoms with Gasteiger partial charge < -0.3 is 14.0 Å². The number of benzene rings is 1. The van der Waals surface area contributed by atoms with Crippen molar-refractivity contribution < 1.29 is 14.0 Å². The topological polar surface area (TPSA) is 108 Å². The van der Waals surface area contributed by atoms with E-state index in [0.717, 1.165) is 10.6 Å². The zero-order valence-electron chi connectivity index (χ0n) is 15.1. The van der Waals surface area contributed by atoms with Gasteiger partial charge in [0.2, 0.25) is 12.6 Å². The van der Waals surface area contributed by atoms with Crippen LogP contribution in [0.4, 0.5) is 0 Å². The van der Waals surface area contributed by atoms with Gasteiger partial charge in [-0.15, -0.1) is 11.8 Å². The fourth-order valence-corrected chi connectivity index (χ4v) is 3.63. The third kappa shape index (κ3) is 2.56. The number of H-pyrrole nitrogens is 1. The van der Waals surface area contributed by atoms with Gasteiger partial charge in [0.1, 0.15) is 10.6 Å². The molecule has 1 aliphatic rings. The van der Waals surface area contributed by atoms with Crippen molar-refractivity contribution in [1.29, 1.82) is 0 Å². The van der Waals surface area contributed by atoms with Crippen molar-refractivity contribution in [3.05, 3.63) is 40.3 Å². The Kier molecular flexibility index (Phi) is 3.86. The molecule has 4 aromatic rings. The minimum atomic E-state index is -0.182. The molecule has 5 rings (SSSR count). The standard InChI is InChI=1S/C18H15N5O4S/c1-3-10-7-13(24)23-16(19-10)14(18(21-23)28-2)17-20-15(22-27-17)9-4-5-11-12(6-9)26-8-25-11/h4-7,21H,3,8H2,1-2H3. The Labute approximate surface area is 162 Å². The number of hydrogen-bond acceptors (Lipinski definition) is 8. The van der Waals surface area contributed by atoms with Crippen LogP contribution in [-0.2, 0) is 6.42 Å². The Morgan fingerprint density at radius 3 is 2.89 bits per heavy atom. The lowest BCUT2D eigenvalue weighted by molar-refractivity contribution is 0.174. The summed E-state index contributed by atoms with van der Waals surface area (Å²) in [5.74, 6) is 2.02. The molecule has 0 saturated carbocycles. The van der Waals surface area contributed by atoms with Crippen molar-refractivity contribution in [3.8, 4) is 34.3 Å². The van der Waals surface area contributed by atoms with Gasteiger partial charge in [-0.25, -0.2) is 4.98 Å². The van der Waals surface area contributed by atoms with Crippen molar-refractivity contribution in [2.75, 3.05) is 13.0 Å². The van der Waals surface area contributed by atoms with E-state index in [1.54, 1.807) is 12.1 Å². The number of hydrogen-bond donors (Lipinski definition) is 1. The highest BCUT2D eigenvalue weighted by Gasteiger charge is 2.23. The summed E-state index contributed by atoms with van der Waals surface area (Å²) in [7, 11) is 0. The number of thioether (sulfide) groups is 1. The van der Waals surface area contributed by atoms with Crippen LogP contribution < -0.4 is 15.0 Å². The maximum absolute atomic E-state index is 12.4. The van der Waals surface area contributed by atoms with E-state index < -0.39 is 0 Å². The number of nitrogens with one attached hydrogen (secondary N) is 1. The van der Waals surface area contributed by atoms with Gasteiger partial charge in [0.15, 0.2) is 17.1 Å². The third-order valence-corrected chi connectivity index (χ3v) is 5.18. The number of fused-ring (bicyclic) bond motifs is 2. The molecule has 0 radical (unpaired) electrons. The number of rotatable bonds is 4. The molecule has 10 heteroatoms. The van der Waals surface area contributed by atoms with Crippen molar-refractivity contribution in [2.45, 2.75) is 18.4 Å². The van der Waals surface area contributed by atoms with E-state index in [0.29, 0.717) is 40.6 Å². The van der Waals surface area contributed by atoms with Crippen LogP contribution in [0.15, 0.2) is 38.6 Å². The first-order valence-corrected chi connectivity index (χ1v) is 9.83. The highest BCUT2D eigenvalue weighted by atomic mass is 32.2. The maximum atomic E-state index is 12.4. The summed E-state index contributed by atoms with van der Waals surface area (Å²) in [4.78, 5) is 21.5. The summed E-state index contributed by atoms with van der Waals surface area (Å²) < 4.78 is 17.7. The summed E-state index contributed by atoms with van der Waals surface area (Å²) in [6, 6.07) is 6.97. The van der Waals surface area contributed by atoms with E-state index in [2.05, 4.69) is 20.2 Å². The van der Waals surface area contributed by atoms with E-state index in [1.165, 1.54) is 22.3 Å². The van der Waals surface area contributed by atoms with E-state index >= 15 is 0 Å². The average molecular weight is 397 g/mol. The quantitative estimate of drug-likeness (QED) is 0.524. The van der Waals surface area contributed by atoms with Crippen molar-refractivity contribution in [1.82, 2.24) is 24.7 Å². The minimum absolute atomic E-state index is 0.182. The van der Waals surface area contributed by atoms with E-state index in [1.807, 2.05) is 19.2 Å². The molecule has 0 amide bonds. The van der Waals surface area contributed by atoms with Crippen LogP contribution in [-0.4, -0.2) is 37.8 Å². The van der Waals surface area contributed by atoms with Gasteiger partial charge in [-0.2, -0.15) is 9.50 Å². The highest BCUT2D eigenvalue weighted by Crippen LogP contribution is 2.36. The van der Waals surface area contributed by atoms with E-state index in [9.17, 15) is 4.79 Å². The molecule has 0 unspecified atom stereocenters. The monoisotopic (exact) mass is 397 g/mol. The van der Waals surface area contributed by atoms with Gasteiger partial charge in [-0.3, -0.25) is 9.89 Å². The molecular formula is C18H15N5O4S. The fraction of sp³-hybridized carbons (Fsp3) is 0.222.